The fourth-order valence-corrected chi connectivity index (χ4v) is 4.15. The standard InChI is InChI=1S/C28H30BrClN2O2/c1-3-20(2)31-28(34)26(17-21-9-5-4-6-10-21)32(19-22-13-15-24(29)16-14-22)27(33)18-23-11-7-8-12-25(23)30/h4-16,20,26H,3,17-19H2,1-2H3,(H,31,34). The Morgan fingerprint density at radius 2 is 1.59 bits per heavy atom. The molecule has 0 bridgehead atoms. The van der Waals surface area contributed by atoms with Crippen LogP contribution in [0.2, 0.25) is 5.02 Å². The molecule has 1 N–H and O–H groups in total. The van der Waals surface area contributed by atoms with E-state index in [1.165, 1.54) is 0 Å². The Morgan fingerprint density at radius 1 is 0.941 bits per heavy atom. The summed E-state index contributed by atoms with van der Waals surface area (Å²) in [5, 5.41) is 3.63. The first-order chi connectivity index (χ1) is 16.4. The molecule has 6 heteroatoms. The van der Waals surface area contributed by atoms with Gasteiger partial charge < -0.3 is 10.2 Å². The molecule has 0 heterocycles. The first kappa shape index (κ1) is 26.0. The number of amides is 2. The van der Waals surface area contributed by atoms with Crippen molar-refractivity contribution in [3.05, 3.63) is 105 Å². The first-order valence-corrected chi connectivity index (χ1v) is 12.7. The Hall–Kier alpha value is -2.63. The molecule has 0 radical (unpaired) electrons. The van der Waals surface area contributed by atoms with E-state index < -0.39 is 6.04 Å². The summed E-state index contributed by atoms with van der Waals surface area (Å²) in [7, 11) is 0. The number of benzene rings is 3. The van der Waals surface area contributed by atoms with Gasteiger partial charge in [-0.15, -0.1) is 0 Å². The first-order valence-electron chi connectivity index (χ1n) is 11.5. The molecule has 2 unspecified atom stereocenters. The maximum atomic E-state index is 13.7. The Balaban J connectivity index is 1.97. The number of hydrogen-bond donors (Lipinski definition) is 1. The van der Waals surface area contributed by atoms with E-state index in [2.05, 4.69) is 21.2 Å². The molecule has 3 aromatic carbocycles. The van der Waals surface area contributed by atoms with Crippen LogP contribution in [0, 0.1) is 0 Å². The van der Waals surface area contributed by atoms with E-state index in [-0.39, 0.29) is 24.3 Å². The Morgan fingerprint density at radius 3 is 2.24 bits per heavy atom. The van der Waals surface area contributed by atoms with E-state index in [9.17, 15) is 9.59 Å². The van der Waals surface area contributed by atoms with Crippen LogP contribution in [0.15, 0.2) is 83.3 Å². The summed E-state index contributed by atoms with van der Waals surface area (Å²) < 4.78 is 0.959. The van der Waals surface area contributed by atoms with E-state index in [4.69, 9.17) is 11.6 Å². The molecule has 0 fully saturated rings. The maximum Gasteiger partial charge on any atom is 0.243 e. The molecule has 34 heavy (non-hydrogen) atoms. The van der Waals surface area contributed by atoms with Crippen molar-refractivity contribution in [2.45, 2.75) is 51.7 Å². The second kappa shape index (κ2) is 12.7. The molecule has 2 atom stereocenters. The highest BCUT2D eigenvalue weighted by Gasteiger charge is 2.31. The molecular formula is C28H30BrClN2O2. The molecule has 0 aliphatic rings. The van der Waals surface area contributed by atoms with Crippen molar-refractivity contribution < 1.29 is 9.59 Å². The summed E-state index contributed by atoms with van der Waals surface area (Å²) >= 11 is 9.82. The summed E-state index contributed by atoms with van der Waals surface area (Å²) in [4.78, 5) is 28.9. The third-order valence-electron chi connectivity index (χ3n) is 5.84. The second-order valence-electron chi connectivity index (χ2n) is 8.44. The van der Waals surface area contributed by atoms with Crippen LogP contribution in [0.4, 0.5) is 0 Å². The lowest BCUT2D eigenvalue weighted by atomic mass is 10.0. The lowest BCUT2D eigenvalue weighted by Crippen LogP contribution is -2.52. The van der Waals surface area contributed by atoms with Crippen LogP contribution < -0.4 is 5.32 Å². The Kier molecular flexibility index (Phi) is 9.73. The number of carbonyl (C=O) groups is 2. The minimum atomic E-state index is -0.657. The smallest absolute Gasteiger partial charge is 0.243 e. The molecule has 0 saturated carbocycles. The summed E-state index contributed by atoms with van der Waals surface area (Å²) in [6.45, 7) is 4.32. The molecule has 3 aromatic rings. The van der Waals surface area contributed by atoms with Crippen molar-refractivity contribution in [3.8, 4) is 0 Å². The van der Waals surface area contributed by atoms with Gasteiger partial charge in [-0.2, -0.15) is 0 Å². The highest BCUT2D eigenvalue weighted by molar-refractivity contribution is 9.10. The summed E-state index contributed by atoms with van der Waals surface area (Å²) in [6.07, 6.45) is 1.36. The number of hydrogen-bond acceptors (Lipinski definition) is 2. The third-order valence-corrected chi connectivity index (χ3v) is 6.74. The van der Waals surface area contributed by atoms with Crippen LogP contribution in [0.5, 0.6) is 0 Å². The quantitative estimate of drug-likeness (QED) is 0.332. The minimum Gasteiger partial charge on any atom is -0.352 e. The SMILES string of the molecule is CCC(C)NC(=O)C(Cc1ccccc1)N(Cc1ccc(Br)cc1)C(=O)Cc1ccccc1Cl. The largest absolute Gasteiger partial charge is 0.352 e. The van der Waals surface area contributed by atoms with E-state index in [1.54, 1.807) is 11.0 Å². The summed E-state index contributed by atoms with van der Waals surface area (Å²) in [6, 6.07) is 24.3. The molecule has 0 aliphatic carbocycles. The molecule has 0 aliphatic heterocycles. The number of carbonyl (C=O) groups excluding carboxylic acids is 2. The molecule has 2 amide bonds. The number of nitrogens with one attached hydrogen (secondary N) is 1. The van der Waals surface area contributed by atoms with Crippen LogP contribution in [0.3, 0.4) is 0 Å². The van der Waals surface area contributed by atoms with Crippen molar-refractivity contribution in [2.75, 3.05) is 0 Å². The van der Waals surface area contributed by atoms with Gasteiger partial charge in [0.1, 0.15) is 6.04 Å². The fourth-order valence-electron chi connectivity index (χ4n) is 3.69. The van der Waals surface area contributed by atoms with Crippen molar-refractivity contribution in [3.63, 3.8) is 0 Å². The van der Waals surface area contributed by atoms with Crippen molar-refractivity contribution in [1.82, 2.24) is 10.2 Å². The van der Waals surface area contributed by atoms with Crippen molar-refractivity contribution in [1.29, 1.82) is 0 Å². The van der Waals surface area contributed by atoms with Crippen molar-refractivity contribution >= 4 is 39.3 Å². The van der Waals surface area contributed by atoms with Crippen molar-refractivity contribution in [2.24, 2.45) is 0 Å². The van der Waals surface area contributed by atoms with Gasteiger partial charge in [-0.25, -0.2) is 0 Å². The van der Waals surface area contributed by atoms with Gasteiger partial charge in [-0.1, -0.05) is 95.1 Å². The molecule has 178 valence electrons. The van der Waals surface area contributed by atoms with Crippen LogP contribution in [-0.4, -0.2) is 28.8 Å². The van der Waals surface area contributed by atoms with Gasteiger partial charge in [0.05, 0.1) is 6.42 Å². The second-order valence-corrected chi connectivity index (χ2v) is 9.76. The molecular weight excluding hydrogens is 512 g/mol. The van der Waals surface area contributed by atoms with E-state index in [0.29, 0.717) is 18.0 Å². The van der Waals surface area contributed by atoms with Gasteiger partial charge in [-0.05, 0) is 48.2 Å². The molecule has 3 rings (SSSR count). The van der Waals surface area contributed by atoms with E-state index in [0.717, 1.165) is 27.6 Å². The van der Waals surface area contributed by atoms with Gasteiger partial charge >= 0.3 is 0 Å². The highest BCUT2D eigenvalue weighted by atomic mass is 79.9. The van der Waals surface area contributed by atoms with Gasteiger partial charge in [0.15, 0.2) is 0 Å². The summed E-state index contributed by atoms with van der Waals surface area (Å²) in [5.41, 5.74) is 2.69. The van der Waals surface area contributed by atoms with Crippen LogP contribution in [-0.2, 0) is 29.0 Å². The Bertz CT molecular complexity index is 1090. The predicted octanol–water partition coefficient (Wildman–Crippen LogP) is 6.20. The third kappa shape index (κ3) is 7.44. The van der Waals surface area contributed by atoms with Crippen LogP contribution in [0.25, 0.3) is 0 Å². The number of halogens is 2. The zero-order valence-electron chi connectivity index (χ0n) is 19.5. The van der Waals surface area contributed by atoms with Gasteiger partial charge in [0, 0.05) is 28.5 Å². The normalized spacial score (nSPS) is 12.6. The fraction of sp³-hybridized carbons (Fsp3) is 0.286. The summed E-state index contributed by atoms with van der Waals surface area (Å²) in [5.74, 6) is -0.293. The lowest BCUT2D eigenvalue weighted by molar-refractivity contribution is -0.141. The average Bonchev–Trinajstić information content (AvgIpc) is 2.84. The van der Waals surface area contributed by atoms with Gasteiger partial charge in [0.25, 0.3) is 0 Å². The monoisotopic (exact) mass is 540 g/mol. The number of nitrogens with zero attached hydrogens (tertiary/aromatic N) is 1. The highest BCUT2D eigenvalue weighted by Crippen LogP contribution is 2.21. The molecule has 0 aromatic heterocycles. The number of rotatable bonds is 10. The zero-order valence-corrected chi connectivity index (χ0v) is 21.9. The molecule has 4 nitrogen and oxygen atoms in total. The van der Waals surface area contributed by atoms with E-state index >= 15 is 0 Å². The van der Waals surface area contributed by atoms with Gasteiger partial charge in [0.2, 0.25) is 11.8 Å². The molecule has 0 spiro atoms. The van der Waals surface area contributed by atoms with E-state index in [1.807, 2.05) is 86.6 Å². The lowest BCUT2D eigenvalue weighted by Gasteiger charge is -2.32. The van der Waals surface area contributed by atoms with Crippen LogP contribution >= 0.6 is 27.5 Å². The zero-order chi connectivity index (χ0) is 24.5. The van der Waals surface area contributed by atoms with Crippen LogP contribution in [0.1, 0.15) is 37.0 Å². The average molecular weight is 542 g/mol. The predicted molar refractivity (Wildman–Crippen MR) is 142 cm³/mol. The molecule has 0 saturated heterocycles. The topological polar surface area (TPSA) is 49.4 Å². The maximum absolute atomic E-state index is 13.7. The Labute approximate surface area is 215 Å². The minimum absolute atomic E-state index is 0.0129. The van der Waals surface area contributed by atoms with Gasteiger partial charge in [-0.3, -0.25) is 9.59 Å².